The lowest BCUT2D eigenvalue weighted by Gasteiger charge is -2.23. The van der Waals surface area contributed by atoms with E-state index in [0.717, 1.165) is 11.3 Å². The van der Waals surface area contributed by atoms with Crippen LogP contribution in [0.25, 0.3) is 0 Å². The average molecular weight is 275 g/mol. The zero-order valence-corrected chi connectivity index (χ0v) is 11.7. The van der Waals surface area contributed by atoms with Gasteiger partial charge in [0, 0.05) is 13.5 Å². The summed E-state index contributed by atoms with van der Waals surface area (Å²) in [5, 5.41) is 0. The lowest BCUT2D eigenvalue weighted by atomic mass is 10.1. The molecule has 2 aromatic rings. The Balaban J connectivity index is 1.89. The number of furan rings is 1. The van der Waals surface area contributed by atoms with Gasteiger partial charge in [0.05, 0.1) is 12.3 Å². The zero-order chi connectivity index (χ0) is 14.5. The molecule has 1 unspecified atom stereocenters. The predicted octanol–water partition coefficient (Wildman–Crippen LogP) is 3.57. The molecule has 20 heavy (non-hydrogen) atoms. The number of nitrogens with zero attached hydrogens (tertiary/aromatic N) is 1. The topological polar surface area (TPSA) is 33.5 Å². The van der Waals surface area contributed by atoms with Crippen molar-refractivity contribution in [2.45, 2.75) is 25.8 Å². The Labute approximate surface area is 118 Å². The van der Waals surface area contributed by atoms with Gasteiger partial charge in [0.15, 0.2) is 0 Å². The van der Waals surface area contributed by atoms with Gasteiger partial charge in [-0.1, -0.05) is 12.1 Å². The first-order valence-corrected chi connectivity index (χ1v) is 6.61. The summed E-state index contributed by atoms with van der Waals surface area (Å²) in [5.74, 6) is 0.546. The Morgan fingerprint density at radius 1 is 1.30 bits per heavy atom. The van der Waals surface area contributed by atoms with Gasteiger partial charge in [-0.25, -0.2) is 4.39 Å². The lowest BCUT2D eigenvalue weighted by Crippen LogP contribution is -2.29. The fourth-order valence-corrected chi connectivity index (χ4v) is 2.01. The number of carbonyl (C=O) groups is 1. The smallest absolute Gasteiger partial charge is 0.223 e. The highest BCUT2D eigenvalue weighted by Gasteiger charge is 2.18. The molecule has 106 valence electrons. The number of benzene rings is 1. The largest absolute Gasteiger partial charge is 0.467 e. The SMILES string of the molecule is CC(c1ccco1)N(C)C(=O)CCc1ccc(F)cc1. The predicted molar refractivity (Wildman–Crippen MR) is 74.6 cm³/mol. The molecule has 1 atom stereocenters. The van der Waals surface area contributed by atoms with Gasteiger partial charge in [-0.3, -0.25) is 4.79 Å². The molecule has 0 saturated carbocycles. The molecule has 0 aliphatic heterocycles. The second-order valence-electron chi connectivity index (χ2n) is 4.82. The van der Waals surface area contributed by atoms with Crippen LogP contribution in [-0.4, -0.2) is 17.9 Å². The Morgan fingerprint density at radius 2 is 2.00 bits per heavy atom. The van der Waals surface area contributed by atoms with E-state index < -0.39 is 0 Å². The molecule has 0 N–H and O–H groups in total. The Hall–Kier alpha value is -2.10. The highest BCUT2D eigenvalue weighted by molar-refractivity contribution is 5.76. The maximum absolute atomic E-state index is 12.8. The number of carbonyl (C=O) groups excluding carboxylic acids is 1. The van der Waals surface area contributed by atoms with Crippen molar-refractivity contribution in [2.75, 3.05) is 7.05 Å². The molecule has 0 saturated heterocycles. The van der Waals surface area contributed by atoms with Crippen molar-refractivity contribution in [3.05, 3.63) is 59.8 Å². The molecule has 0 bridgehead atoms. The quantitative estimate of drug-likeness (QED) is 0.835. The normalized spacial score (nSPS) is 12.2. The fraction of sp³-hybridized carbons (Fsp3) is 0.312. The minimum Gasteiger partial charge on any atom is -0.467 e. The van der Waals surface area contributed by atoms with Gasteiger partial charge in [0.1, 0.15) is 11.6 Å². The summed E-state index contributed by atoms with van der Waals surface area (Å²) in [6.45, 7) is 1.93. The van der Waals surface area contributed by atoms with Crippen LogP contribution in [-0.2, 0) is 11.2 Å². The number of amides is 1. The molecule has 4 heteroatoms. The highest BCUT2D eigenvalue weighted by atomic mass is 19.1. The molecule has 0 radical (unpaired) electrons. The second kappa shape index (κ2) is 6.37. The summed E-state index contributed by atoms with van der Waals surface area (Å²) in [6, 6.07) is 9.81. The minimum absolute atomic E-state index is 0.0400. The Morgan fingerprint density at radius 3 is 2.60 bits per heavy atom. The summed E-state index contributed by atoms with van der Waals surface area (Å²) >= 11 is 0. The summed E-state index contributed by atoms with van der Waals surface area (Å²) in [6.07, 6.45) is 2.60. The van der Waals surface area contributed by atoms with Crippen molar-refractivity contribution in [1.29, 1.82) is 0 Å². The summed E-state index contributed by atoms with van der Waals surface area (Å²) in [5.41, 5.74) is 0.957. The van der Waals surface area contributed by atoms with Crippen LogP contribution in [0.3, 0.4) is 0 Å². The van der Waals surface area contributed by atoms with Crippen LogP contribution in [0.1, 0.15) is 30.7 Å². The monoisotopic (exact) mass is 275 g/mol. The standard InChI is InChI=1S/C16H18FNO2/c1-12(15-4-3-11-20-15)18(2)16(19)10-7-13-5-8-14(17)9-6-13/h3-6,8-9,11-12H,7,10H2,1-2H3. The van der Waals surface area contributed by atoms with E-state index in [4.69, 9.17) is 4.42 Å². The number of rotatable bonds is 5. The summed E-state index contributed by atoms with van der Waals surface area (Å²) in [4.78, 5) is 13.8. The molecule has 1 aromatic carbocycles. The van der Waals surface area contributed by atoms with Crippen LogP contribution in [0.4, 0.5) is 4.39 Å². The summed E-state index contributed by atoms with van der Waals surface area (Å²) in [7, 11) is 1.76. The molecule has 1 heterocycles. The van der Waals surface area contributed by atoms with Crippen molar-refractivity contribution in [3.8, 4) is 0 Å². The Kier molecular flexibility index (Phi) is 4.56. The average Bonchev–Trinajstić information content (AvgIpc) is 2.99. The van der Waals surface area contributed by atoms with Crippen LogP contribution >= 0.6 is 0 Å². The molecular formula is C16H18FNO2. The van der Waals surface area contributed by atoms with Crippen LogP contribution in [0.5, 0.6) is 0 Å². The van der Waals surface area contributed by atoms with E-state index in [1.807, 2.05) is 19.1 Å². The van der Waals surface area contributed by atoms with Crippen molar-refractivity contribution in [2.24, 2.45) is 0 Å². The van der Waals surface area contributed by atoms with Gasteiger partial charge in [-0.2, -0.15) is 0 Å². The van der Waals surface area contributed by atoms with E-state index in [2.05, 4.69) is 0 Å². The van der Waals surface area contributed by atoms with Crippen LogP contribution in [0.2, 0.25) is 0 Å². The first-order valence-electron chi connectivity index (χ1n) is 6.61. The van der Waals surface area contributed by atoms with Gasteiger partial charge in [0.2, 0.25) is 5.91 Å². The summed E-state index contributed by atoms with van der Waals surface area (Å²) < 4.78 is 18.1. The maximum Gasteiger partial charge on any atom is 0.223 e. The van der Waals surface area contributed by atoms with Gasteiger partial charge < -0.3 is 9.32 Å². The number of halogens is 1. The van der Waals surface area contributed by atoms with E-state index >= 15 is 0 Å². The highest BCUT2D eigenvalue weighted by Crippen LogP contribution is 2.20. The molecule has 0 aliphatic carbocycles. The minimum atomic E-state index is -0.261. The van der Waals surface area contributed by atoms with Crippen molar-refractivity contribution in [1.82, 2.24) is 4.90 Å². The Bertz CT molecular complexity index is 548. The third-order valence-electron chi connectivity index (χ3n) is 3.47. The van der Waals surface area contributed by atoms with Crippen molar-refractivity contribution < 1.29 is 13.6 Å². The molecule has 1 amide bonds. The second-order valence-corrected chi connectivity index (χ2v) is 4.82. The van der Waals surface area contributed by atoms with Crippen LogP contribution < -0.4 is 0 Å². The third-order valence-corrected chi connectivity index (χ3v) is 3.47. The first-order chi connectivity index (χ1) is 9.58. The lowest BCUT2D eigenvalue weighted by molar-refractivity contribution is -0.132. The molecule has 3 nitrogen and oxygen atoms in total. The zero-order valence-electron chi connectivity index (χ0n) is 11.7. The van der Waals surface area contributed by atoms with E-state index in [0.29, 0.717) is 12.8 Å². The van der Waals surface area contributed by atoms with Gasteiger partial charge in [-0.05, 0) is 43.2 Å². The van der Waals surface area contributed by atoms with Crippen molar-refractivity contribution >= 4 is 5.91 Å². The first kappa shape index (κ1) is 14.3. The molecule has 0 spiro atoms. The van der Waals surface area contributed by atoms with Gasteiger partial charge in [-0.15, -0.1) is 0 Å². The van der Waals surface area contributed by atoms with Crippen molar-refractivity contribution in [3.63, 3.8) is 0 Å². The van der Waals surface area contributed by atoms with E-state index in [1.165, 1.54) is 12.1 Å². The molecule has 0 aliphatic rings. The molecular weight excluding hydrogens is 257 g/mol. The van der Waals surface area contributed by atoms with E-state index in [1.54, 1.807) is 30.3 Å². The number of hydrogen-bond acceptors (Lipinski definition) is 2. The number of hydrogen-bond donors (Lipinski definition) is 0. The van der Waals surface area contributed by atoms with E-state index in [-0.39, 0.29) is 17.8 Å². The van der Waals surface area contributed by atoms with E-state index in [9.17, 15) is 9.18 Å². The van der Waals surface area contributed by atoms with Crippen LogP contribution in [0, 0.1) is 5.82 Å². The fourth-order valence-electron chi connectivity index (χ4n) is 2.01. The van der Waals surface area contributed by atoms with Gasteiger partial charge in [0.25, 0.3) is 0 Å². The molecule has 2 rings (SSSR count). The van der Waals surface area contributed by atoms with Crippen LogP contribution in [0.15, 0.2) is 47.1 Å². The van der Waals surface area contributed by atoms with Gasteiger partial charge >= 0.3 is 0 Å². The molecule has 1 aromatic heterocycles. The maximum atomic E-state index is 12.8. The molecule has 0 fully saturated rings. The number of aryl methyl sites for hydroxylation is 1. The third kappa shape index (κ3) is 3.47.